The molecule has 5 nitrogen and oxygen atoms in total. The summed E-state index contributed by atoms with van der Waals surface area (Å²) in [6.07, 6.45) is 6.83. The molecule has 2 atom stereocenters. The molecule has 0 fully saturated rings. The third kappa shape index (κ3) is 5.74. The van der Waals surface area contributed by atoms with Gasteiger partial charge in [-0.1, -0.05) is 27.7 Å². The normalized spacial score (nSPS) is 14.8. The molecule has 0 aliphatic rings. The van der Waals surface area contributed by atoms with Gasteiger partial charge in [0.1, 0.15) is 0 Å². The molecule has 114 valence electrons. The van der Waals surface area contributed by atoms with Gasteiger partial charge in [-0.3, -0.25) is 4.79 Å². The third-order valence-electron chi connectivity index (χ3n) is 3.60. The van der Waals surface area contributed by atoms with E-state index in [0.717, 1.165) is 13.0 Å². The second kappa shape index (κ2) is 7.43. The molecule has 0 aromatic carbocycles. The van der Waals surface area contributed by atoms with Gasteiger partial charge >= 0.3 is 0 Å². The van der Waals surface area contributed by atoms with Crippen LogP contribution in [0.3, 0.4) is 0 Å². The fourth-order valence-corrected chi connectivity index (χ4v) is 1.90. The molecule has 0 saturated carbocycles. The summed E-state index contributed by atoms with van der Waals surface area (Å²) < 4.78 is 2.00. The minimum absolute atomic E-state index is 0.000582. The fraction of sp³-hybridized carbons (Fsp3) is 0.733. The largest absolute Gasteiger partial charge is 0.351 e. The van der Waals surface area contributed by atoms with Gasteiger partial charge in [-0.2, -0.15) is 0 Å². The van der Waals surface area contributed by atoms with Crippen LogP contribution in [0.25, 0.3) is 0 Å². The first-order chi connectivity index (χ1) is 9.32. The zero-order valence-electron chi connectivity index (χ0n) is 13.1. The van der Waals surface area contributed by atoms with Gasteiger partial charge in [0.2, 0.25) is 5.91 Å². The summed E-state index contributed by atoms with van der Waals surface area (Å²) in [6.45, 7) is 9.85. The van der Waals surface area contributed by atoms with E-state index < -0.39 is 0 Å². The molecule has 1 amide bonds. The second-order valence-electron chi connectivity index (χ2n) is 6.63. The van der Waals surface area contributed by atoms with E-state index in [9.17, 15) is 4.79 Å². The Morgan fingerprint density at radius 1 is 1.45 bits per heavy atom. The molecular weight excluding hydrogens is 252 g/mol. The standard InChI is InChI=1S/C15H28N4O/c1-12(9-16)5-6-14(20)18-13(15(2,3)4)10-19-8-7-17-11-19/h7-8,11-13H,5-6,9-10,16H2,1-4H3,(H,18,20). The van der Waals surface area contributed by atoms with Gasteiger partial charge in [0.25, 0.3) is 0 Å². The lowest BCUT2D eigenvalue weighted by atomic mass is 9.86. The van der Waals surface area contributed by atoms with E-state index in [4.69, 9.17) is 5.73 Å². The average molecular weight is 280 g/mol. The minimum Gasteiger partial charge on any atom is -0.351 e. The molecule has 1 aromatic rings. The monoisotopic (exact) mass is 280 g/mol. The highest BCUT2D eigenvalue weighted by Gasteiger charge is 2.26. The van der Waals surface area contributed by atoms with Crippen LogP contribution in [0.5, 0.6) is 0 Å². The first-order valence-corrected chi connectivity index (χ1v) is 7.28. The SMILES string of the molecule is CC(CN)CCC(=O)NC(Cn1ccnc1)C(C)(C)C. The van der Waals surface area contributed by atoms with Gasteiger partial charge in [-0.25, -0.2) is 4.98 Å². The highest BCUT2D eigenvalue weighted by atomic mass is 16.1. The van der Waals surface area contributed by atoms with Crippen LogP contribution in [0, 0.1) is 11.3 Å². The molecule has 1 rings (SSSR count). The van der Waals surface area contributed by atoms with E-state index >= 15 is 0 Å². The van der Waals surface area contributed by atoms with Crippen molar-refractivity contribution in [1.29, 1.82) is 0 Å². The van der Waals surface area contributed by atoms with Gasteiger partial charge in [0.05, 0.1) is 12.4 Å². The highest BCUT2D eigenvalue weighted by Crippen LogP contribution is 2.21. The minimum atomic E-state index is -0.000582. The maximum absolute atomic E-state index is 12.1. The maximum atomic E-state index is 12.1. The zero-order valence-corrected chi connectivity index (χ0v) is 13.1. The van der Waals surface area contributed by atoms with Crippen molar-refractivity contribution in [3.05, 3.63) is 18.7 Å². The Morgan fingerprint density at radius 2 is 2.15 bits per heavy atom. The summed E-state index contributed by atoms with van der Waals surface area (Å²) in [7, 11) is 0. The summed E-state index contributed by atoms with van der Waals surface area (Å²) in [5.74, 6) is 0.493. The van der Waals surface area contributed by atoms with Crippen molar-refractivity contribution in [3.63, 3.8) is 0 Å². The Labute approximate surface area is 122 Å². The lowest BCUT2D eigenvalue weighted by Gasteiger charge is -2.32. The molecule has 5 heteroatoms. The Morgan fingerprint density at radius 3 is 2.65 bits per heavy atom. The number of hydrogen-bond donors (Lipinski definition) is 2. The van der Waals surface area contributed by atoms with Crippen molar-refractivity contribution in [3.8, 4) is 0 Å². The Hall–Kier alpha value is -1.36. The van der Waals surface area contributed by atoms with E-state index in [2.05, 4.69) is 38.0 Å². The summed E-state index contributed by atoms with van der Waals surface area (Å²) >= 11 is 0. The molecule has 1 heterocycles. The lowest BCUT2D eigenvalue weighted by molar-refractivity contribution is -0.123. The van der Waals surface area contributed by atoms with Crippen molar-refractivity contribution in [2.45, 2.75) is 53.1 Å². The molecule has 1 aromatic heterocycles. The molecular formula is C15H28N4O. The number of aromatic nitrogens is 2. The number of hydrogen-bond acceptors (Lipinski definition) is 3. The number of nitrogens with zero attached hydrogens (tertiary/aromatic N) is 2. The number of nitrogens with two attached hydrogens (primary N) is 1. The maximum Gasteiger partial charge on any atom is 0.220 e. The first-order valence-electron chi connectivity index (χ1n) is 7.28. The molecule has 3 N–H and O–H groups in total. The first kappa shape index (κ1) is 16.7. The van der Waals surface area contributed by atoms with Crippen LogP contribution in [0.15, 0.2) is 18.7 Å². The number of imidazole rings is 1. The van der Waals surface area contributed by atoms with Crippen molar-refractivity contribution in [1.82, 2.24) is 14.9 Å². The molecule has 0 saturated heterocycles. The number of rotatable bonds is 7. The molecule has 0 aliphatic heterocycles. The second-order valence-corrected chi connectivity index (χ2v) is 6.63. The zero-order chi connectivity index (χ0) is 15.2. The smallest absolute Gasteiger partial charge is 0.220 e. The summed E-state index contributed by atoms with van der Waals surface area (Å²) in [5.41, 5.74) is 5.58. The van der Waals surface area contributed by atoms with Crippen LogP contribution >= 0.6 is 0 Å². The quantitative estimate of drug-likeness (QED) is 0.799. The van der Waals surface area contributed by atoms with Gasteiger partial charge < -0.3 is 15.6 Å². The Balaban J connectivity index is 2.55. The van der Waals surface area contributed by atoms with E-state index in [1.54, 1.807) is 12.5 Å². The van der Waals surface area contributed by atoms with Gasteiger partial charge in [0, 0.05) is 25.4 Å². The topological polar surface area (TPSA) is 72.9 Å². The number of nitrogens with one attached hydrogen (secondary N) is 1. The lowest BCUT2D eigenvalue weighted by Crippen LogP contribution is -2.46. The van der Waals surface area contributed by atoms with Crippen LogP contribution in [-0.4, -0.2) is 28.0 Å². The average Bonchev–Trinajstić information content (AvgIpc) is 2.87. The van der Waals surface area contributed by atoms with Crippen molar-refractivity contribution >= 4 is 5.91 Å². The molecule has 0 spiro atoms. The Bertz CT molecular complexity index is 395. The van der Waals surface area contributed by atoms with E-state index in [-0.39, 0.29) is 17.4 Å². The van der Waals surface area contributed by atoms with Crippen molar-refractivity contribution in [2.24, 2.45) is 17.1 Å². The third-order valence-corrected chi connectivity index (χ3v) is 3.60. The van der Waals surface area contributed by atoms with Gasteiger partial charge in [0.15, 0.2) is 0 Å². The molecule has 0 bridgehead atoms. The summed E-state index contributed by atoms with van der Waals surface area (Å²) in [4.78, 5) is 16.1. The van der Waals surface area contributed by atoms with Crippen LogP contribution in [0.4, 0.5) is 0 Å². The number of carbonyl (C=O) groups excluding carboxylic acids is 1. The van der Waals surface area contributed by atoms with Gasteiger partial charge in [-0.05, 0) is 24.3 Å². The Kier molecular flexibility index (Phi) is 6.20. The molecule has 0 radical (unpaired) electrons. The highest BCUT2D eigenvalue weighted by molar-refractivity contribution is 5.76. The summed E-state index contributed by atoms with van der Waals surface area (Å²) in [5, 5.41) is 3.15. The van der Waals surface area contributed by atoms with Crippen LogP contribution in [-0.2, 0) is 11.3 Å². The predicted molar refractivity (Wildman–Crippen MR) is 81.1 cm³/mol. The van der Waals surface area contributed by atoms with Crippen molar-refractivity contribution < 1.29 is 4.79 Å². The van der Waals surface area contributed by atoms with E-state index in [0.29, 0.717) is 18.9 Å². The number of carbonyl (C=O) groups is 1. The van der Waals surface area contributed by atoms with E-state index in [1.807, 2.05) is 10.8 Å². The van der Waals surface area contributed by atoms with E-state index in [1.165, 1.54) is 0 Å². The van der Waals surface area contributed by atoms with Crippen LogP contribution < -0.4 is 11.1 Å². The van der Waals surface area contributed by atoms with Gasteiger partial charge in [-0.15, -0.1) is 0 Å². The number of amides is 1. The molecule has 20 heavy (non-hydrogen) atoms. The molecule has 2 unspecified atom stereocenters. The van der Waals surface area contributed by atoms with Crippen molar-refractivity contribution in [2.75, 3.05) is 6.54 Å². The summed E-state index contributed by atoms with van der Waals surface area (Å²) in [6, 6.07) is 0.0809. The van der Waals surface area contributed by atoms with Crippen LogP contribution in [0.1, 0.15) is 40.5 Å². The fourth-order valence-electron chi connectivity index (χ4n) is 1.90. The molecule has 0 aliphatic carbocycles. The van der Waals surface area contributed by atoms with Crippen LogP contribution in [0.2, 0.25) is 0 Å². The predicted octanol–water partition coefficient (Wildman–Crippen LogP) is 1.79.